The van der Waals surface area contributed by atoms with Gasteiger partial charge in [-0.15, -0.1) is 11.3 Å². The van der Waals surface area contributed by atoms with E-state index in [-0.39, 0.29) is 10.1 Å². The van der Waals surface area contributed by atoms with Gasteiger partial charge >= 0.3 is 0 Å². The largest absolute Gasteiger partial charge is 0.272 e. The molecule has 7 heteroatoms. The second-order valence-corrected chi connectivity index (χ2v) is 8.47. The van der Waals surface area contributed by atoms with Crippen molar-refractivity contribution in [2.24, 2.45) is 0 Å². The molecule has 0 bridgehead atoms. The molecular formula is C15H17N3O2S2. The highest BCUT2D eigenvalue weighted by molar-refractivity contribution is 7.92. The van der Waals surface area contributed by atoms with Crippen LogP contribution in [0.15, 0.2) is 34.8 Å². The number of benzene rings is 1. The Kier molecular flexibility index (Phi) is 4.01. The topological polar surface area (TPSA) is 64.8 Å². The van der Waals surface area contributed by atoms with Crippen LogP contribution in [-0.4, -0.2) is 23.2 Å². The van der Waals surface area contributed by atoms with Crippen molar-refractivity contribution < 1.29 is 8.42 Å². The van der Waals surface area contributed by atoms with Crippen LogP contribution in [0.1, 0.15) is 24.6 Å². The number of nitrogens with zero attached hydrogens (tertiary/aromatic N) is 3. The van der Waals surface area contributed by atoms with Crippen molar-refractivity contribution in [1.82, 2.24) is 14.8 Å². The van der Waals surface area contributed by atoms with Gasteiger partial charge in [-0.1, -0.05) is 13.0 Å². The average Bonchev–Trinajstić information content (AvgIpc) is 3.05. The molecule has 0 saturated carbocycles. The Labute approximate surface area is 133 Å². The molecule has 116 valence electrons. The summed E-state index contributed by atoms with van der Waals surface area (Å²) in [6.45, 7) is 4.81. The number of fused-ring (bicyclic) bond motifs is 1. The predicted octanol–water partition coefficient (Wildman–Crippen LogP) is 3.19. The molecule has 0 N–H and O–H groups in total. The van der Waals surface area contributed by atoms with Crippen LogP contribution in [0.5, 0.6) is 0 Å². The van der Waals surface area contributed by atoms with Crippen molar-refractivity contribution in [2.45, 2.75) is 36.9 Å². The molecular weight excluding hydrogens is 318 g/mol. The third-order valence-corrected chi connectivity index (χ3v) is 6.42. The normalized spacial score (nSPS) is 12.1. The summed E-state index contributed by atoms with van der Waals surface area (Å²) in [7, 11) is -3.46. The summed E-state index contributed by atoms with van der Waals surface area (Å²) in [6.07, 6.45) is 2.78. The molecule has 0 radical (unpaired) electrons. The fourth-order valence-electron chi connectivity index (χ4n) is 2.24. The molecule has 0 aliphatic heterocycles. The maximum atomic E-state index is 12.5. The van der Waals surface area contributed by atoms with Crippen LogP contribution in [-0.2, 0) is 22.1 Å². The molecule has 0 unspecified atom stereocenters. The zero-order valence-corrected chi connectivity index (χ0v) is 14.1. The van der Waals surface area contributed by atoms with E-state index in [2.05, 4.69) is 17.0 Å². The third kappa shape index (κ3) is 3.05. The van der Waals surface area contributed by atoms with Gasteiger partial charge in [0.1, 0.15) is 5.75 Å². The minimum absolute atomic E-state index is 0.109. The van der Waals surface area contributed by atoms with Crippen molar-refractivity contribution in [3.8, 4) is 0 Å². The van der Waals surface area contributed by atoms with Crippen LogP contribution in [0.25, 0.3) is 10.2 Å². The summed E-state index contributed by atoms with van der Waals surface area (Å²) in [5, 5.41) is 4.29. The molecule has 0 spiro atoms. The van der Waals surface area contributed by atoms with Crippen molar-refractivity contribution >= 4 is 31.4 Å². The van der Waals surface area contributed by atoms with Gasteiger partial charge in [-0.3, -0.25) is 4.68 Å². The quantitative estimate of drug-likeness (QED) is 0.718. The van der Waals surface area contributed by atoms with Gasteiger partial charge in [0.05, 0.1) is 15.9 Å². The SMILES string of the molecule is CCCn1ccc(CS(=O)(=O)c2nc3cc(C)ccc3s2)n1. The second-order valence-electron chi connectivity index (χ2n) is 5.28. The standard InChI is InChI=1S/C15H17N3O2S2/c1-3-7-18-8-6-12(17-18)10-22(19,20)15-16-13-9-11(2)4-5-14(13)21-15/h4-6,8-9H,3,7,10H2,1-2H3. The van der Waals surface area contributed by atoms with Gasteiger partial charge in [-0.2, -0.15) is 5.10 Å². The first-order valence-corrected chi connectivity index (χ1v) is 9.57. The Morgan fingerprint density at radius 3 is 2.86 bits per heavy atom. The molecule has 0 atom stereocenters. The number of hydrogen-bond acceptors (Lipinski definition) is 5. The summed E-state index contributed by atoms with van der Waals surface area (Å²) >= 11 is 1.22. The lowest BCUT2D eigenvalue weighted by molar-refractivity contribution is 0.585. The molecule has 1 aromatic carbocycles. The molecule has 2 aromatic heterocycles. The number of rotatable bonds is 5. The van der Waals surface area contributed by atoms with Gasteiger partial charge in [0.2, 0.25) is 14.2 Å². The molecule has 22 heavy (non-hydrogen) atoms. The van der Waals surface area contributed by atoms with E-state index in [0.717, 1.165) is 28.7 Å². The predicted molar refractivity (Wildman–Crippen MR) is 87.8 cm³/mol. The van der Waals surface area contributed by atoms with Crippen LogP contribution in [0, 0.1) is 6.92 Å². The van der Waals surface area contributed by atoms with E-state index in [9.17, 15) is 8.42 Å². The first-order chi connectivity index (χ1) is 10.5. The van der Waals surface area contributed by atoms with Gasteiger partial charge in [0, 0.05) is 12.7 Å². The van der Waals surface area contributed by atoms with E-state index in [0.29, 0.717) is 5.69 Å². The Morgan fingerprint density at radius 1 is 1.27 bits per heavy atom. The monoisotopic (exact) mass is 335 g/mol. The lowest BCUT2D eigenvalue weighted by Gasteiger charge is -1.98. The van der Waals surface area contributed by atoms with Crippen molar-refractivity contribution in [1.29, 1.82) is 0 Å². The first-order valence-electron chi connectivity index (χ1n) is 7.10. The van der Waals surface area contributed by atoms with Gasteiger partial charge in [-0.05, 0) is 37.1 Å². The zero-order valence-electron chi connectivity index (χ0n) is 12.5. The van der Waals surface area contributed by atoms with E-state index in [1.54, 1.807) is 10.7 Å². The van der Waals surface area contributed by atoms with Crippen molar-refractivity contribution in [3.05, 3.63) is 41.7 Å². The van der Waals surface area contributed by atoms with Crippen LogP contribution in [0.3, 0.4) is 0 Å². The fourth-order valence-corrected chi connectivity index (χ4v) is 4.78. The molecule has 3 aromatic rings. The molecule has 0 amide bonds. The van der Waals surface area contributed by atoms with Crippen LogP contribution in [0.2, 0.25) is 0 Å². The van der Waals surface area contributed by atoms with Crippen LogP contribution < -0.4 is 0 Å². The molecule has 0 aliphatic rings. The Bertz CT molecular complexity index is 910. The van der Waals surface area contributed by atoms with Gasteiger partial charge < -0.3 is 0 Å². The summed E-state index contributed by atoms with van der Waals surface area (Å²) < 4.78 is 27.9. The minimum atomic E-state index is -3.46. The van der Waals surface area contributed by atoms with E-state index >= 15 is 0 Å². The van der Waals surface area contributed by atoms with Crippen molar-refractivity contribution in [2.75, 3.05) is 0 Å². The molecule has 0 aliphatic carbocycles. The van der Waals surface area contributed by atoms with Gasteiger partial charge in [-0.25, -0.2) is 13.4 Å². The highest BCUT2D eigenvalue weighted by Gasteiger charge is 2.21. The van der Waals surface area contributed by atoms with Gasteiger partial charge in [0.15, 0.2) is 0 Å². The van der Waals surface area contributed by atoms with Crippen molar-refractivity contribution in [3.63, 3.8) is 0 Å². The highest BCUT2D eigenvalue weighted by Crippen LogP contribution is 2.28. The van der Waals surface area contributed by atoms with Gasteiger partial charge in [0.25, 0.3) is 0 Å². The highest BCUT2D eigenvalue weighted by atomic mass is 32.2. The molecule has 5 nitrogen and oxygen atoms in total. The molecule has 3 rings (SSSR count). The lowest BCUT2D eigenvalue weighted by Crippen LogP contribution is -2.06. The van der Waals surface area contributed by atoms with Crippen LogP contribution >= 0.6 is 11.3 Å². The molecule has 2 heterocycles. The zero-order chi connectivity index (χ0) is 15.7. The maximum Gasteiger partial charge on any atom is 0.211 e. The molecule has 0 saturated heterocycles. The smallest absolute Gasteiger partial charge is 0.211 e. The molecule has 0 fully saturated rings. The van der Waals surface area contributed by atoms with Crippen LogP contribution in [0.4, 0.5) is 0 Å². The second kappa shape index (κ2) is 5.81. The summed E-state index contributed by atoms with van der Waals surface area (Å²) in [6, 6.07) is 7.53. The Balaban J connectivity index is 1.89. The van der Waals surface area contributed by atoms with E-state index in [1.165, 1.54) is 11.3 Å². The summed E-state index contributed by atoms with van der Waals surface area (Å²) in [4.78, 5) is 4.28. The van der Waals surface area contributed by atoms with E-state index in [4.69, 9.17) is 0 Å². The number of hydrogen-bond donors (Lipinski definition) is 0. The number of aryl methyl sites for hydroxylation is 2. The number of aromatic nitrogens is 3. The fraction of sp³-hybridized carbons (Fsp3) is 0.333. The van der Waals surface area contributed by atoms with E-state index in [1.807, 2.05) is 31.3 Å². The summed E-state index contributed by atoms with van der Waals surface area (Å²) in [5.41, 5.74) is 2.36. The minimum Gasteiger partial charge on any atom is -0.272 e. The number of sulfone groups is 1. The number of thiazole rings is 1. The maximum absolute atomic E-state index is 12.5. The third-order valence-electron chi connectivity index (χ3n) is 3.28. The van der Waals surface area contributed by atoms with E-state index < -0.39 is 9.84 Å². The Hall–Kier alpha value is -1.73. The summed E-state index contributed by atoms with van der Waals surface area (Å²) in [5.74, 6) is -0.109. The first kappa shape index (κ1) is 15.2. The Morgan fingerprint density at radius 2 is 2.09 bits per heavy atom. The average molecular weight is 335 g/mol. The lowest BCUT2D eigenvalue weighted by atomic mass is 10.2.